The molecule has 3 nitrogen and oxygen atoms in total. The smallest absolute Gasteiger partial charge is 0.0992 e. The molecule has 0 radical (unpaired) electrons. The first-order chi connectivity index (χ1) is 6.79. The molecule has 1 heterocycles. The molecule has 0 atom stereocenters. The maximum Gasteiger partial charge on any atom is 0.0992 e. The van der Waals surface area contributed by atoms with Crippen LogP contribution in [0, 0.1) is 11.3 Å². The maximum absolute atomic E-state index is 8.78. The van der Waals surface area contributed by atoms with Crippen molar-refractivity contribution in [2.75, 3.05) is 0 Å². The molecule has 0 saturated heterocycles. The normalized spacial score (nSPS) is 9.71. The summed E-state index contributed by atoms with van der Waals surface area (Å²) in [4.78, 5) is 0. The number of aromatic nitrogens is 2. The zero-order valence-electron chi connectivity index (χ0n) is 7.18. The maximum atomic E-state index is 8.78. The quantitative estimate of drug-likeness (QED) is 0.777. The fourth-order valence-electron chi connectivity index (χ4n) is 1.19. The molecule has 1 aromatic heterocycles. The van der Waals surface area contributed by atoms with Crippen LogP contribution in [0.2, 0.25) is 0 Å². The third-order valence-corrected chi connectivity index (χ3v) is 2.24. The highest BCUT2D eigenvalue weighted by molar-refractivity contribution is 9.10. The van der Waals surface area contributed by atoms with E-state index in [9.17, 15) is 0 Å². The fraction of sp³-hybridized carbons (Fsp3) is 0. The van der Waals surface area contributed by atoms with Crippen molar-refractivity contribution in [2.45, 2.75) is 0 Å². The Balaban J connectivity index is 2.55. The zero-order valence-corrected chi connectivity index (χ0v) is 8.77. The van der Waals surface area contributed by atoms with Crippen LogP contribution in [0.15, 0.2) is 41.1 Å². The molecule has 68 valence electrons. The van der Waals surface area contributed by atoms with Crippen LogP contribution in [0.1, 0.15) is 5.56 Å². The Labute approximate surface area is 89.7 Å². The van der Waals surface area contributed by atoms with Gasteiger partial charge in [0, 0.05) is 16.9 Å². The molecule has 0 saturated carbocycles. The molecular formula is C10H6BrN3. The average molecular weight is 248 g/mol. The van der Waals surface area contributed by atoms with Crippen LogP contribution in [0.5, 0.6) is 0 Å². The third-order valence-electron chi connectivity index (χ3n) is 1.78. The summed E-state index contributed by atoms with van der Waals surface area (Å²) in [6, 6.07) is 9.41. The summed E-state index contributed by atoms with van der Waals surface area (Å²) >= 11 is 3.35. The molecule has 0 aliphatic carbocycles. The number of nitriles is 1. The largest absolute Gasteiger partial charge is 0.241 e. The van der Waals surface area contributed by atoms with Crippen molar-refractivity contribution in [1.82, 2.24) is 9.78 Å². The first-order valence-electron chi connectivity index (χ1n) is 4.00. The van der Waals surface area contributed by atoms with Crippen molar-refractivity contribution in [2.24, 2.45) is 0 Å². The molecule has 0 aliphatic heterocycles. The second kappa shape index (κ2) is 3.64. The molecule has 0 amide bonds. The zero-order chi connectivity index (χ0) is 9.97. The SMILES string of the molecule is N#Cc1cc(Br)cc(-n2cccn2)c1. The summed E-state index contributed by atoms with van der Waals surface area (Å²) in [7, 11) is 0. The van der Waals surface area contributed by atoms with Gasteiger partial charge < -0.3 is 0 Å². The molecule has 4 heteroatoms. The van der Waals surface area contributed by atoms with Crippen LogP contribution < -0.4 is 0 Å². The summed E-state index contributed by atoms with van der Waals surface area (Å²) in [5, 5.41) is 12.9. The summed E-state index contributed by atoms with van der Waals surface area (Å²) in [5.41, 5.74) is 1.49. The third kappa shape index (κ3) is 1.68. The van der Waals surface area contributed by atoms with Crippen LogP contribution in [0.3, 0.4) is 0 Å². The Kier molecular flexibility index (Phi) is 2.33. The lowest BCUT2D eigenvalue weighted by Gasteiger charge is -2.02. The molecule has 2 rings (SSSR count). The van der Waals surface area contributed by atoms with Gasteiger partial charge in [-0.3, -0.25) is 0 Å². The lowest BCUT2D eigenvalue weighted by molar-refractivity contribution is 0.879. The van der Waals surface area contributed by atoms with Gasteiger partial charge in [0.15, 0.2) is 0 Å². The van der Waals surface area contributed by atoms with Gasteiger partial charge in [-0.15, -0.1) is 0 Å². The number of nitrogens with zero attached hydrogens (tertiary/aromatic N) is 3. The molecule has 0 aliphatic rings. The van der Waals surface area contributed by atoms with Crippen LogP contribution in [-0.4, -0.2) is 9.78 Å². The van der Waals surface area contributed by atoms with Crippen LogP contribution in [0.4, 0.5) is 0 Å². The van der Waals surface area contributed by atoms with E-state index in [2.05, 4.69) is 27.1 Å². The van der Waals surface area contributed by atoms with E-state index in [0.717, 1.165) is 10.2 Å². The Morgan fingerprint density at radius 1 is 1.36 bits per heavy atom. The van der Waals surface area contributed by atoms with E-state index < -0.39 is 0 Å². The number of hydrogen-bond acceptors (Lipinski definition) is 2. The van der Waals surface area contributed by atoms with Gasteiger partial charge in [0.1, 0.15) is 0 Å². The van der Waals surface area contributed by atoms with E-state index in [1.54, 1.807) is 23.0 Å². The van der Waals surface area contributed by atoms with Crippen molar-refractivity contribution in [3.05, 3.63) is 46.7 Å². The monoisotopic (exact) mass is 247 g/mol. The van der Waals surface area contributed by atoms with Gasteiger partial charge in [0.05, 0.1) is 17.3 Å². The standard InChI is InChI=1S/C10H6BrN3/c11-9-4-8(7-12)5-10(6-9)14-3-1-2-13-14/h1-6H. The van der Waals surface area contributed by atoms with Gasteiger partial charge in [0.25, 0.3) is 0 Å². The summed E-state index contributed by atoms with van der Waals surface area (Å²) < 4.78 is 2.59. The highest BCUT2D eigenvalue weighted by Gasteiger charge is 2.00. The van der Waals surface area contributed by atoms with E-state index in [1.807, 2.05) is 18.3 Å². The molecule has 0 bridgehead atoms. The van der Waals surface area contributed by atoms with E-state index >= 15 is 0 Å². The van der Waals surface area contributed by atoms with Crippen molar-refractivity contribution in [3.8, 4) is 11.8 Å². The fourth-order valence-corrected chi connectivity index (χ4v) is 1.67. The van der Waals surface area contributed by atoms with Crippen molar-refractivity contribution >= 4 is 15.9 Å². The minimum atomic E-state index is 0.616. The van der Waals surface area contributed by atoms with Gasteiger partial charge in [-0.1, -0.05) is 15.9 Å². The molecule has 2 aromatic rings. The van der Waals surface area contributed by atoms with Crippen molar-refractivity contribution in [3.63, 3.8) is 0 Å². The predicted octanol–water partition coefficient (Wildman–Crippen LogP) is 2.51. The van der Waals surface area contributed by atoms with E-state index in [0.29, 0.717) is 5.56 Å². The Morgan fingerprint density at radius 3 is 2.86 bits per heavy atom. The lowest BCUT2D eigenvalue weighted by atomic mass is 10.2. The predicted molar refractivity (Wildman–Crippen MR) is 56.0 cm³/mol. The number of rotatable bonds is 1. The topological polar surface area (TPSA) is 41.6 Å². The van der Waals surface area contributed by atoms with Crippen LogP contribution in [-0.2, 0) is 0 Å². The number of halogens is 1. The average Bonchev–Trinajstić information content (AvgIpc) is 2.69. The Hall–Kier alpha value is -1.60. The first kappa shape index (κ1) is 8.97. The first-order valence-corrected chi connectivity index (χ1v) is 4.79. The number of benzene rings is 1. The summed E-state index contributed by atoms with van der Waals surface area (Å²) in [6.07, 6.45) is 3.54. The summed E-state index contributed by atoms with van der Waals surface area (Å²) in [6.45, 7) is 0. The van der Waals surface area contributed by atoms with Gasteiger partial charge in [-0.2, -0.15) is 10.4 Å². The van der Waals surface area contributed by atoms with Gasteiger partial charge in [-0.05, 0) is 24.3 Å². The van der Waals surface area contributed by atoms with Gasteiger partial charge >= 0.3 is 0 Å². The van der Waals surface area contributed by atoms with Crippen LogP contribution >= 0.6 is 15.9 Å². The van der Waals surface area contributed by atoms with Crippen molar-refractivity contribution in [1.29, 1.82) is 5.26 Å². The molecule has 14 heavy (non-hydrogen) atoms. The summed E-state index contributed by atoms with van der Waals surface area (Å²) in [5.74, 6) is 0. The molecule has 0 fully saturated rings. The Morgan fingerprint density at radius 2 is 2.21 bits per heavy atom. The minimum absolute atomic E-state index is 0.616. The van der Waals surface area contributed by atoms with E-state index in [1.165, 1.54) is 0 Å². The lowest BCUT2D eigenvalue weighted by Crippen LogP contribution is -1.94. The molecule has 1 aromatic carbocycles. The van der Waals surface area contributed by atoms with Crippen molar-refractivity contribution < 1.29 is 0 Å². The molecule has 0 spiro atoms. The number of hydrogen-bond donors (Lipinski definition) is 0. The highest BCUT2D eigenvalue weighted by atomic mass is 79.9. The molecule has 0 N–H and O–H groups in total. The highest BCUT2D eigenvalue weighted by Crippen LogP contribution is 2.17. The second-order valence-corrected chi connectivity index (χ2v) is 3.68. The molecular weight excluding hydrogens is 242 g/mol. The van der Waals surface area contributed by atoms with E-state index in [-0.39, 0.29) is 0 Å². The second-order valence-electron chi connectivity index (χ2n) is 2.76. The molecule has 0 unspecified atom stereocenters. The minimum Gasteiger partial charge on any atom is -0.241 e. The van der Waals surface area contributed by atoms with Gasteiger partial charge in [-0.25, -0.2) is 4.68 Å². The van der Waals surface area contributed by atoms with Crippen LogP contribution in [0.25, 0.3) is 5.69 Å². The Bertz CT molecular complexity index is 483. The van der Waals surface area contributed by atoms with E-state index in [4.69, 9.17) is 5.26 Å². The van der Waals surface area contributed by atoms with Gasteiger partial charge in [0.2, 0.25) is 0 Å².